The second kappa shape index (κ2) is 4.18. The van der Waals surface area contributed by atoms with Gasteiger partial charge in [-0.05, 0) is 40.0 Å². The van der Waals surface area contributed by atoms with Crippen LogP contribution in [0.4, 0.5) is 0 Å². The number of hydrogen-bond donors (Lipinski definition) is 3. The van der Waals surface area contributed by atoms with Crippen molar-refractivity contribution >= 4 is 5.97 Å². The molecule has 0 aromatic carbocycles. The van der Waals surface area contributed by atoms with Gasteiger partial charge in [0.2, 0.25) is 0 Å². The Hall–Kier alpha value is -0.650. The van der Waals surface area contributed by atoms with Crippen molar-refractivity contribution in [3.63, 3.8) is 0 Å². The molecule has 2 saturated heterocycles. The molecular weight excluding hydrogens is 234 g/mol. The molecule has 0 radical (unpaired) electrons. The Balaban J connectivity index is 2.17. The number of aliphatic hydroxyl groups is 2. The second-order valence-corrected chi connectivity index (χ2v) is 6.73. The van der Waals surface area contributed by atoms with Crippen LogP contribution in [0.1, 0.15) is 46.5 Å². The summed E-state index contributed by atoms with van der Waals surface area (Å²) in [7, 11) is 0. The van der Waals surface area contributed by atoms with Gasteiger partial charge in [0.1, 0.15) is 11.1 Å². The molecule has 3 atom stereocenters. The number of nitrogens with one attached hydrogen (secondary N) is 1. The van der Waals surface area contributed by atoms with Crippen LogP contribution in [0, 0.1) is 0 Å². The molecule has 2 heterocycles. The summed E-state index contributed by atoms with van der Waals surface area (Å²) in [5.74, 6) is -0.316. The topological polar surface area (TPSA) is 78.8 Å². The molecule has 0 aromatic heterocycles. The lowest BCUT2D eigenvalue weighted by Crippen LogP contribution is -2.62. The molecule has 0 aromatic rings. The van der Waals surface area contributed by atoms with Crippen molar-refractivity contribution < 1.29 is 19.7 Å². The molecule has 5 nitrogen and oxygen atoms in total. The summed E-state index contributed by atoms with van der Waals surface area (Å²) in [4.78, 5) is 12.3. The third-order valence-corrected chi connectivity index (χ3v) is 3.74. The number of piperidine rings is 1. The third kappa shape index (κ3) is 2.53. The van der Waals surface area contributed by atoms with E-state index in [9.17, 15) is 15.0 Å². The van der Waals surface area contributed by atoms with Gasteiger partial charge in [-0.2, -0.15) is 0 Å². The van der Waals surface area contributed by atoms with Crippen LogP contribution in [0.5, 0.6) is 0 Å². The average Bonchev–Trinajstić information content (AvgIpc) is 2.54. The first kappa shape index (κ1) is 13.8. The van der Waals surface area contributed by atoms with Crippen LogP contribution in [-0.2, 0) is 9.53 Å². The van der Waals surface area contributed by atoms with E-state index in [1.165, 1.54) is 0 Å². The SMILES string of the molecule is CC(C)(C)OC(=O)C12CCC(CC(O)(CO)C1)N2. The normalized spacial score (nSPS) is 39.7. The van der Waals surface area contributed by atoms with Gasteiger partial charge in [-0.25, -0.2) is 0 Å². The summed E-state index contributed by atoms with van der Waals surface area (Å²) in [6.07, 6.45) is 2.21. The van der Waals surface area contributed by atoms with Gasteiger partial charge in [0.25, 0.3) is 0 Å². The van der Waals surface area contributed by atoms with E-state index >= 15 is 0 Å². The largest absolute Gasteiger partial charge is 0.459 e. The summed E-state index contributed by atoms with van der Waals surface area (Å²) in [6.45, 7) is 5.18. The van der Waals surface area contributed by atoms with Crippen molar-refractivity contribution in [1.82, 2.24) is 5.32 Å². The van der Waals surface area contributed by atoms with Gasteiger partial charge in [0.15, 0.2) is 0 Å². The number of aliphatic hydroxyl groups excluding tert-OH is 1. The van der Waals surface area contributed by atoms with Crippen molar-refractivity contribution in [1.29, 1.82) is 0 Å². The molecule has 0 aliphatic carbocycles. The number of ether oxygens (including phenoxy) is 1. The molecule has 2 rings (SSSR count). The van der Waals surface area contributed by atoms with E-state index in [4.69, 9.17) is 4.74 Å². The lowest BCUT2D eigenvalue weighted by molar-refractivity contribution is -0.169. The molecule has 5 heteroatoms. The Morgan fingerprint density at radius 1 is 1.50 bits per heavy atom. The first-order chi connectivity index (χ1) is 8.18. The maximum Gasteiger partial charge on any atom is 0.326 e. The van der Waals surface area contributed by atoms with E-state index in [-0.39, 0.29) is 25.0 Å². The van der Waals surface area contributed by atoms with Crippen molar-refractivity contribution in [2.24, 2.45) is 0 Å². The third-order valence-electron chi connectivity index (χ3n) is 3.74. The van der Waals surface area contributed by atoms with Gasteiger partial charge in [-0.1, -0.05) is 0 Å². The van der Waals surface area contributed by atoms with E-state index in [2.05, 4.69) is 5.32 Å². The van der Waals surface area contributed by atoms with Gasteiger partial charge in [-0.3, -0.25) is 10.1 Å². The van der Waals surface area contributed by atoms with Crippen LogP contribution < -0.4 is 5.32 Å². The number of carbonyl (C=O) groups is 1. The molecule has 3 N–H and O–H groups in total. The summed E-state index contributed by atoms with van der Waals surface area (Å²) < 4.78 is 5.44. The number of fused-ring (bicyclic) bond motifs is 2. The fraction of sp³-hybridized carbons (Fsp3) is 0.923. The van der Waals surface area contributed by atoms with Gasteiger partial charge < -0.3 is 14.9 Å². The lowest BCUT2D eigenvalue weighted by Gasteiger charge is -2.42. The van der Waals surface area contributed by atoms with Crippen molar-refractivity contribution in [3.8, 4) is 0 Å². The molecule has 2 fully saturated rings. The highest BCUT2D eigenvalue weighted by Gasteiger charge is 2.56. The molecule has 0 spiro atoms. The highest BCUT2D eigenvalue weighted by atomic mass is 16.6. The standard InChI is InChI=1S/C13H23NO4/c1-11(2,3)18-10(16)13-5-4-9(14-13)6-12(17,7-13)8-15/h9,14-15,17H,4-8H2,1-3H3. The van der Waals surface area contributed by atoms with Crippen molar-refractivity contribution in [3.05, 3.63) is 0 Å². The molecule has 0 saturated carbocycles. The van der Waals surface area contributed by atoms with E-state index in [0.717, 1.165) is 6.42 Å². The second-order valence-electron chi connectivity index (χ2n) is 6.73. The Labute approximate surface area is 108 Å². The van der Waals surface area contributed by atoms with Crippen LogP contribution in [0.2, 0.25) is 0 Å². The molecule has 2 aliphatic heterocycles. The minimum atomic E-state index is -1.16. The molecular formula is C13H23NO4. The Bertz CT molecular complexity index is 351. The predicted octanol–water partition coefficient (Wildman–Crippen LogP) is 0.336. The van der Waals surface area contributed by atoms with Crippen LogP contribution in [0.3, 0.4) is 0 Å². The predicted molar refractivity (Wildman–Crippen MR) is 66.0 cm³/mol. The van der Waals surface area contributed by atoms with Crippen molar-refractivity contribution in [2.45, 2.75) is 69.2 Å². The van der Waals surface area contributed by atoms with Gasteiger partial charge in [-0.15, -0.1) is 0 Å². The molecule has 0 amide bonds. The minimum Gasteiger partial charge on any atom is -0.459 e. The van der Waals surface area contributed by atoms with Crippen LogP contribution in [0.25, 0.3) is 0 Å². The maximum atomic E-state index is 12.3. The Morgan fingerprint density at radius 3 is 2.72 bits per heavy atom. The molecule has 2 bridgehead atoms. The quantitative estimate of drug-likeness (QED) is 0.622. The highest BCUT2D eigenvalue weighted by molar-refractivity contribution is 5.82. The van der Waals surface area contributed by atoms with E-state index in [1.54, 1.807) is 0 Å². The maximum absolute atomic E-state index is 12.3. The van der Waals surface area contributed by atoms with Gasteiger partial charge in [0, 0.05) is 12.5 Å². The fourth-order valence-corrected chi connectivity index (χ4v) is 3.07. The zero-order valence-corrected chi connectivity index (χ0v) is 11.3. The minimum absolute atomic E-state index is 0.0865. The van der Waals surface area contributed by atoms with Gasteiger partial charge in [0.05, 0.1) is 12.2 Å². The van der Waals surface area contributed by atoms with Crippen LogP contribution >= 0.6 is 0 Å². The molecule has 2 aliphatic rings. The van der Waals surface area contributed by atoms with Gasteiger partial charge >= 0.3 is 5.97 Å². The summed E-state index contributed by atoms with van der Waals surface area (Å²) >= 11 is 0. The average molecular weight is 257 g/mol. The smallest absolute Gasteiger partial charge is 0.326 e. The van der Waals surface area contributed by atoms with E-state index in [0.29, 0.717) is 12.8 Å². The summed E-state index contributed by atoms with van der Waals surface area (Å²) in [5.41, 5.74) is -2.53. The number of esters is 1. The Morgan fingerprint density at radius 2 is 2.17 bits per heavy atom. The summed E-state index contributed by atoms with van der Waals surface area (Å²) in [6, 6.07) is 0.0865. The molecule has 104 valence electrons. The molecule has 18 heavy (non-hydrogen) atoms. The zero-order chi connectivity index (χ0) is 13.6. The fourth-order valence-electron chi connectivity index (χ4n) is 3.07. The first-order valence-electron chi connectivity index (χ1n) is 6.53. The first-order valence-corrected chi connectivity index (χ1v) is 6.53. The zero-order valence-electron chi connectivity index (χ0n) is 11.3. The number of rotatable bonds is 2. The monoisotopic (exact) mass is 257 g/mol. The molecule has 3 unspecified atom stereocenters. The number of hydrogen-bond acceptors (Lipinski definition) is 5. The number of carbonyl (C=O) groups excluding carboxylic acids is 1. The van der Waals surface area contributed by atoms with E-state index in [1.807, 2.05) is 20.8 Å². The highest BCUT2D eigenvalue weighted by Crippen LogP contribution is 2.42. The van der Waals surface area contributed by atoms with E-state index < -0.39 is 16.7 Å². The summed E-state index contributed by atoms with van der Waals surface area (Å²) in [5, 5.41) is 22.9. The van der Waals surface area contributed by atoms with Crippen LogP contribution in [0.15, 0.2) is 0 Å². The lowest BCUT2D eigenvalue weighted by atomic mass is 9.80. The van der Waals surface area contributed by atoms with Crippen molar-refractivity contribution in [2.75, 3.05) is 6.61 Å². The van der Waals surface area contributed by atoms with Crippen LogP contribution in [-0.4, -0.2) is 45.6 Å². The Kier molecular flexibility index (Phi) is 3.20.